The lowest BCUT2D eigenvalue weighted by molar-refractivity contribution is 0.0679. The molecule has 2 aromatic rings. The van der Waals surface area contributed by atoms with Gasteiger partial charge in [-0.2, -0.15) is 0 Å². The summed E-state index contributed by atoms with van der Waals surface area (Å²) in [6.07, 6.45) is -0.0483. The maximum absolute atomic E-state index is 14.0. The van der Waals surface area contributed by atoms with Crippen molar-refractivity contribution in [3.8, 4) is 0 Å². The van der Waals surface area contributed by atoms with Gasteiger partial charge in [-0.25, -0.2) is 12.8 Å². The van der Waals surface area contributed by atoms with Crippen molar-refractivity contribution in [2.45, 2.75) is 16.9 Å². The SMILES string of the molecule is O=S1(=O)CCC(O)(c2ccccc2F)c2ccccc21. The molecule has 3 nitrogen and oxygen atoms in total. The van der Waals surface area contributed by atoms with Gasteiger partial charge in [-0.1, -0.05) is 36.4 Å². The van der Waals surface area contributed by atoms with Gasteiger partial charge >= 0.3 is 0 Å². The summed E-state index contributed by atoms with van der Waals surface area (Å²) in [5, 5.41) is 10.9. The van der Waals surface area contributed by atoms with Crippen molar-refractivity contribution in [2.24, 2.45) is 0 Å². The molecule has 0 spiro atoms. The van der Waals surface area contributed by atoms with Crippen LogP contribution in [0.3, 0.4) is 0 Å². The van der Waals surface area contributed by atoms with E-state index in [2.05, 4.69) is 0 Å². The second-order valence-electron chi connectivity index (χ2n) is 4.91. The summed E-state index contributed by atoms with van der Waals surface area (Å²) >= 11 is 0. The minimum atomic E-state index is -3.42. The molecule has 0 radical (unpaired) electrons. The average molecular weight is 292 g/mol. The molecule has 2 aromatic carbocycles. The van der Waals surface area contributed by atoms with Gasteiger partial charge in [0.1, 0.15) is 11.4 Å². The second kappa shape index (κ2) is 4.40. The fourth-order valence-electron chi connectivity index (χ4n) is 2.68. The van der Waals surface area contributed by atoms with Gasteiger partial charge in [0.15, 0.2) is 9.84 Å². The molecule has 0 amide bonds. The van der Waals surface area contributed by atoms with Gasteiger partial charge in [-0.05, 0) is 18.6 Å². The molecule has 1 aliphatic rings. The molecular formula is C15H13FO3S. The lowest BCUT2D eigenvalue weighted by atomic mass is 9.83. The van der Waals surface area contributed by atoms with Crippen molar-refractivity contribution in [1.29, 1.82) is 0 Å². The van der Waals surface area contributed by atoms with Crippen LogP contribution in [0.15, 0.2) is 53.4 Å². The fraction of sp³-hybridized carbons (Fsp3) is 0.200. The Labute approximate surface area is 116 Å². The van der Waals surface area contributed by atoms with Crippen molar-refractivity contribution in [2.75, 3.05) is 5.75 Å². The molecule has 3 rings (SSSR count). The van der Waals surface area contributed by atoms with E-state index >= 15 is 0 Å². The Balaban J connectivity index is 2.29. The van der Waals surface area contributed by atoms with Crippen molar-refractivity contribution in [3.05, 3.63) is 65.5 Å². The van der Waals surface area contributed by atoms with E-state index in [0.29, 0.717) is 0 Å². The van der Waals surface area contributed by atoms with Crippen molar-refractivity contribution < 1.29 is 17.9 Å². The average Bonchev–Trinajstić information content (AvgIpc) is 2.44. The van der Waals surface area contributed by atoms with Gasteiger partial charge < -0.3 is 5.11 Å². The number of hydrogen-bond acceptors (Lipinski definition) is 3. The third-order valence-electron chi connectivity index (χ3n) is 3.72. The molecule has 0 saturated carbocycles. The molecule has 0 saturated heterocycles. The summed E-state index contributed by atoms with van der Waals surface area (Å²) in [5.74, 6) is -0.737. The molecule has 104 valence electrons. The van der Waals surface area contributed by atoms with Gasteiger partial charge in [-0.15, -0.1) is 0 Å². The third kappa shape index (κ3) is 1.85. The summed E-state index contributed by atoms with van der Waals surface area (Å²) in [6.45, 7) is 0. The number of halogens is 1. The van der Waals surface area contributed by atoms with E-state index < -0.39 is 21.3 Å². The Morgan fingerprint density at radius 3 is 2.30 bits per heavy atom. The summed E-state index contributed by atoms with van der Waals surface area (Å²) < 4.78 is 38.1. The summed E-state index contributed by atoms with van der Waals surface area (Å²) in [4.78, 5) is 0.0806. The van der Waals surface area contributed by atoms with Gasteiger partial charge in [0.2, 0.25) is 0 Å². The van der Waals surface area contributed by atoms with Crippen molar-refractivity contribution >= 4 is 9.84 Å². The van der Waals surface area contributed by atoms with Crippen LogP contribution >= 0.6 is 0 Å². The van der Waals surface area contributed by atoms with Crippen LogP contribution in [-0.2, 0) is 15.4 Å². The topological polar surface area (TPSA) is 54.4 Å². The molecule has 1 unspecified atom stereocenters. The minimum Gasteiger partial charge on any atom is -0.380 e. The summed E-state index contributed by atoms with van der Waals surface area (Å²) in [6, 6.07) is 12.2. The van der Waals surface area contributed by atoms with Crippen LogP contribution in [0.5, 0.6) is 0 Å². The summed E-state index contributed by atoms with van der Waals surface area (Å²) in [5.41, 5.74) is -1.24. The Hall–Kier alpha value is -1.72. The van der Waals surface area contributed by atoms with Crippen LogP contribution in [-0.4, -0.2) is 19.3 Å². The zero-order chi connectivity index (χ0) is 14.4. The lowest BCUT2D eigenvalue weighted by Gasteiger charge is -2.34. The minimum absolute atomic E-state index is 0.0483. The molecule has 0 bridgehead atoms. The number of fused-ring (bicyclic) bond motifs is 1. The molecule has 1 N–H and O–H groups in total. The van der Waals surface area contributed by atoms with E-state index in [9.17, 15) is 17.9 Å². The van der Waals surface area contributed by atoms with Crippen molar-refractivity contribution in [1.82, 2.24) is 0 Å². The highest BCUT2D eigenvalue weighted by Gasteiger charge is 2.43. The first-order valence-electron chi connectivity index (χ1n) is 6.25. The molecule has 0 fully saturated rings. The Morgan fingerprint density at radius 1 is 1.00 bits per heavy atom. The van der Waals surface area contributed by atoms with Gasteiger partial charge in [0.05, 0.1) is 10.6 Å². The highest BCUT2D eigenvalue weighted by molar-refractivity contribution is 7.91. The van der Waals surface area contributed by atoms with Crippen LogP contribution in [0.25, 0.3) is 0 Å². The highest BCUT2D eigenvalue weighted by atomic mass is 32.2. The normalized spacial score (nSPS) is 24.1. The van der Waals surface area contributed by atoms with E-state index in [4.69, 9.17) is 0 Å². The molecular weight excluding hydrogens is 279 g/mol. The predicted octanol–water partition coefficient (Wildman–Crippen LogP) is 2.24. The van der Waals surface area contributed by atoms with Crippen molar-refractivity contribution in [3.63, 3.8) is 0 Å². The van der Waals surface area contributed by atoms with E-state index in [1.165, 1.54) is 24.3 Å². The van der Waals surface area contributed by atoms with E-state index in [1.807, 2.05) is 0 Å². The number of aliphatic hydroxyl groups is 1. The van der Waals surface area contributed by atoms with Crippen LogP contribution in [0, 0.1) is 5.82 Å². The zero-order valence-corrected chi connectivity index (χ0v) is 11.4. The van der Waals surface area contributed by atoms with Crippen LogP contribution in [0.2, 0.25) is 0 Å². The Bertz CT molecular complexity index is 770. The van der Waals surface area contributed by atoms with Crippen LogP contribution in [0.1, 0.15) is 17.5 Å². The molecule has 0 aromatic heterocycles. The smallest absolute Gasteiger partial charge is 0.178 e. The van der Waals surface area contributed by atoms with E-state index in [1.54, 1.807) is 24.3 Å². The van der Waals surface area contributed by atoms with Gasteiger partial charge in [-0.3, -0.25) is 0 Å². The van der Waals surface area contributed by atoms with Crippen LogP contribution < -0.4 is 0 Å². The van der Waals surface area contributed by atoms with Gasteiger partial charge in [0.25, 0.3) is 0 Å². The molecule has 5 heteroatoms. The number of rotatable bonds is 1. The Kier molecular flexibility index (Phi) is 2.92. The van der Waals surface area contributed by atoms with Crippen LogP contribution in [0.4, 0.5) is 4.39 Å². The zero-order valence-electron chi connectivity index (χ0n) is 10.6. The predicted molar refractivity (Wildman–Crippen MR) is 72.5 cm³/mol. The Morgan fingerprint density at radius 2 is 1.60 bits per heavy atom. The quantitative estimate of drug-likeness (QED) is 0.877. The first-order valence-corrected chi connectivity index (χ1v) is 7.90. The highest BCUT2D eigenvalue weighted by Crippen LogP contribution is 2.42. The molecule has 0 aliphatic carbocycles. The summed E-state index contributed by atoms with van der Waals surface area (Å²) in [7, 11) is -3.42. The lowest BCUT2D eigenvalue weighted by Crippen LogP contribution is -2.37. The fourth-order valence-corrected chi connectivity index (χ4v) is 4.32. The number of benzene rings is 2. The van der Waals surface area contributed by atoms with E-state index in [-0.39, 0.29) is 28.2 Å². The monoisotopic (exact) mass is 292 g/mol. The maximum atomic E-state index is 14.0. The first-order chi connectivity index (χ1) is 9.45. The second-order valence-corrected chi connectivity index (χ2v) is 6.98. The maximum Gasteiger partial charge on any atom is 0.178 e. The largest absolute Gasteiger partial charge is 0.380 e. The molecule has 1 atom stereocenters. The number of hydrogen-bond donors (Lipinski definition) is 1. The standard InChI is InChI=1S/C15H13FO3S/c16-13-7-3-1-5-11(13)15(17)9-10-20(18,19)14-8-4-2-6-12(14)15/h1-8,17H,9-10H2. The molecule has 1 heterocycles. The third-order valence-corrected chi connectivity index (χ3v) is 5.49. The first kappa shape index (κ1) is 13.3. The molecule has 1 aliphatic heterocycles. The van der Waals surface area contributed by atoms with E-state index in [0.717, 1.165) is 0 Å². The van der Waals surface area contributed by atoms with Gasteiger partial charge in [0, 0.05) is 11.1 Å². The number of sulfone groups is 1. The molecule has 20 heavy (non-hydrogen) atoms.